The molecule has 110 valence electrons. The lowest BCUT2D eigenvalue weighted by molar-refractivity contribution is 0.0684. The molecule has 21 heavy (non-hydrogen) atoms. The average Bonchev–Trinajstić information content (AvgIpc) is 3.01. The number of rotatable bonds is 4. The van der Waals surface area contributed by atoms with Crippen molar-refractivity contribution in [2.24, 2.45) is 5.92 Å². The number of nitrogens with zero attached hydrogens (tertiary/aromatic N) is 2. The van der Waals surface area contributed by atoms with Crippen molar-refractivity contribution in [3.63, 3.8) is 0 Å². The molecule has 1 heterocycles. The van der Waals surface area contributed by atoms with Crippen molar-refractivity contribution < 1.29 is 9.90 Å². The predicted octanol–water partition coefficient (Wildman–Crippen LogP) is 3.32. The SMILES string of the molecule is CC(Nc1nc(C(=O)O)nc2ccccc12)C1CCCC1. The van der Waals surface area contributed by atoms with E-state index in [-0.39, 0.29) is 11.9 Å². The Morgan fingerprint density at radius 1 is 1.29 bits per heavy atom. The van der Waals surface area contributed by atoms with Crippen LogP contribution in [0.2, 0.25) is 0 Å². The molecule has 0 amide bonds. The molecule has 0 spiro atoms. The summed E-state index contributed by atoms with van der Waals surface area (Å²) in [4.78, 5) is 19.5. The van der Waals surface area contributed by atoms with Crippen LogP contribution in [-0.2, 0) is 0 Å². The Bertz CT molecular complexity index is 666. The Morgan fingerprint density at radius 2 is 2.00 bits per heavy atom. The molecule has 1 atom stereocenters. The van der Waals surface area contributed by atoms with Gasteiger partial charge in [-0.2, -0.15) is 0 Å². The summed E-state index contributed by atoms with van der Waals surface area (Å²) in [7, 11) is 0. The van der Waals surface area contributed by atoms with Crippen LogP contribution < -0.4 is 5.32 Å². The normalized spacial score (nSPS) is 17.0. The first kappa shape index (κ1) is 13.8. The molecule has 1 aliphatic rings. The highest BCUT2D eigenvalue weighted by Crippen LogP contribution is 2.30. The summed E-state index contributed by atoms with van der Waals surface area (Å²) in [6.45, 7) is 2.15. The molecule has 1 aromatic carbocycles. The second-order valence-electron chi connectivity index (χ2n) is 5.70. The number of para-hydroxylation sites is 1. The summed E-state index contributed by atoms with van der Waals surface area (Å²) in [5, 5.41) is 13.4. The molecule has 5 heteroatoms. The van der Waals surface area contributed by atoms with Crippen LogP contribution in [0, 0.1) is 5.92 Å². The van der Waals surface area contributed by atoms with E-state index in [0.29, 0.717) is 17.3 Å². The number of hydrogen-bond acceptors (Lipinski definition) is 4. The van der Waals surface area contributed by atoms with Crippen LogP contribution in [0.4, 0.5) is 5.82 Å². The molecule has 1 aromatic heterocycles. The summed E-state index contributed by atoms with van der Waals surface area (Å²) in [6, 6.07) is 7.79. The number of anilines is 1. The number of carboxylic acids is 1. The van der Waals surface area contributed by atoms with E-state index in [2.05, 4.69) is 22.2 Å². The molecule has 1 saturated carbocycles. The second kappa shape index (κ2) is 5.68. The number of carbonyl (C=O) groups is 1. The van der Waals surface area contributed by atoms with Crippen molar-refractivity contribution in [2.45, 2.75) is 38.6 Å². The fourth-order valence-corrected chi connectivity index (χ4v) is 3.07. The summed E-state index contributed by atoms with van der Waals surface area (Å²) in [5.41, 5.74) is 0.658. The van der Waals surface area contributed by atoms with Crippen molar-refractivity contribution in [1.82, 2.24) is 9.97 Å². The minimum absolute atomic E-state index is 0.158. The van der Waals surface area contributed by atoms with Crippen molar-refractivity contribution in [2.75, 3.05) is 5.32 Å². The van der Waals surface area contributed by atoms with Gasteiger partial charge in [0.25, 0.3) is 0 Å². The van der Waals surface area contributed by atoms with Gasteiger partial charge in [0.05, 0.1) is 5.52 Å². The maximum absolute atomic E-state index is 11.2. The van der Waals surface area contributed by atoms with Crippen molar-refractivity contribution in [1.29, 1.82) is 0 Å². The van der Waals surface area contributed by atoms with Gasteiger partial charge in [-0.3, -0.25) is 0 Å². The first-order valence-corrected chi connectivity index (χ1v) is 7.42. The van der Waals surface area contributed by atoms with E-state index in [1.807, 2.05) is 24.3 Å². The van der Waals surface area contributed by atoms with Gasteiger partial charge in [-0.05, 0) is 37.8 Å². The molecule has 0 aliphatic heterocycles. The highest BCUT2D eigenvalue weighted by Gasteiger charge is 2.23. The lowest BCUT2D eigenvalue weighted by Gasteiger charge is -2.21. The minimum atomic E-state index is -1.10. The van der Waals surface area contributed by atoms with Gasteiger partial charge >= 0.3 is 5.97 Å². The minimum Gasteiger partial charge on any atom is -0.475 e. The van der Waals surface area contributed by atoms with E-state index >= 15 is 0 Å². The predicted molar refractivity (Wildman–Crippen MR) is 81.5 cm³/mol. The first-order chi connectivity index (χ1) is 10.1. The Kier molecular flexibility index (Phi) is 3.73. The van der Waals surface area contributed by atoms with Crippen molar-refractivity contribution in [3.8, 4) is 0 Å². The standard InChI is InChI=1S/C16H19N3O2/c1-10(11-6-2-3-7-11)17-14-12-8-4-5-9-13(12)18-15(19-14)16(20)21/h4-5,8-11H,2-3,6-7H2,1H3,(H,20,21)(H,17,18,19). The van der Waals surface area contributed by atoms with Crippen molar-refractivity contribution >= 4 is 22.7 Å². The van der Waals surface area contributed by atoms with E-state index in [9.17, 15) is 4.79 Å². The maximum Gasteiger partial charge on any atom is 0.374 e. The molecule has 0 saturated heterocycles. The van der Waals surface area contributed by atoms with Gasteiger partial charge in [-0.15, -0.1) is 0 Å². The molecule has 2 N–H and O–H groups in total. The molecule has 2 aromatic rings. The van der Waals surface area contributed by atoms with Gasteiger partial charge in [0.1, 0.15) is 5.82 Å². The van der Waals surface area contributed by atoms with Crippen LogP contribution in [0.1, 0.15) is 43.2 Å². The van der Waals surface area contributed by atoms with Crippen LogP contribution in [-0.4, -0.2) is 27.1 Å². The van der Waals surface area contributed by atoms with Gasteiger partial charge in [-0.25, -0.2) is 14.8 Å². The summed E-state index contributed by atoms with van der Waals surface area (Å²) < 4.78 is 0. The molecule has 0 bridgehead atoms. The van der Waals surface area contributed by atoms with Gasteiger partial charge in [0.15, 0.2) is 0 Å². The molecular formula is C16H19N3O2. The molecule has 0 radical (unpaired) electrons. The number of aromatic carboxylic acids is 1. The van der Waals surface area contributed by atoms with Crippen LogP contribution in [0.25, 0.3) is 10.9 Å². The van der Waals surface area contributed by atoms with E-state index < -0.39 is 5.97 Å². The van der Waals surface area contributed by atoms with Gasteiger partial charge in [0.2, 0.25) is 5.82 Å². The summed E-state index contributed by atoms with van der Waals surface area (Å²) in [5.74, 6) is -0.00319. The van der Waals surface area contributed by atoms with Gasteiger partial charge in [0, 0.05) is 11.4 Å². The summed E-state index contributed by atoms with van der Waals surface area (Å²) in [6.07, 6.45) is 5.01. The van der Waals surface area contributed by atoms with Gasteiger partial charge in [-0.1, -0.05) is 25.0 Å². The number of aromatic nitrogens is 2. The van der Waals surface area contributed by atoms with Crippen LogP contribution in [0.5, 0.6) is 0 Å². The third-order valence-corrected chi connectivity index (χ3v) is 4.27. The molecular weight excluding hydrogens is 266 g/mol. The van der Waals surface area contributed by atoms with Crippen molar-refractivity contribution in [3.05, 3.63) is 30.1 Å². The largest absolute Gasteiger partial charge is 0.475 e. The van der Waals surface area contributed by atoms with Gasteiger partial charge < -0.3 is 10.4 Å². The molecule has 5 nitrogen and oxygen atoms in total. The monoisotopic (exact) mass is 285 g/mol. The third-order valence-electron chi connectivity index (χ3n) is 4.27. The van der Waals surface area contributed by atoms with E-state index in [0.717, 1.165) is 5.39 Å². The van der Waals surface area contributed by atoms with E-state index in [4.69, 9.17) is 5.11 Å². The third kappa shape index (κ3) is 2.82. The highest BCUT2D eigenvalue weighted by molar-refractivity contribution is 5.93. The van der Waals surface area contributed by atoms with E-state index in [1.54, 1.807) is 0 Å². The van der Waals surface area contributed by atoms with Crippen LogP contribution in [0.3, 0.4) is 0 Å². The zero-order chi connectivity index (χ0) is 14.8. The molecule has 3 rings (SSSR count). The lowest BCUT2D eigenvalue weighted by Crippen LogP contribution is -2.25. The average molecular weight is 285 g/mol. The molecule has 1 unspecified atom stereocenters. The Balaban J connectivity index is 1.97. The quantitative estimate of drug-likeness (QED) is 0.901. The zero-order valence-corrected chi connectivity index (χ0v) is 12.0. The maximum atomic E-state index is 11.2. The lowest BCUT2D eigenvalue weighted by atomic mass is 10.00. The topological polar surface area (TPSA) is 75.1 Å². The summed E-state index contributed by atoms with van der Waals surface area (Å²) >= 11 is 0. The zero-order valence-electron chi connectivity index (χ0n) is 12.0. The number of hydrogen-bond donors (Lipinski definition) is 2. The number of carboxylic acid groups (broad SMARTS) is 1. The number of nitrogens with one attached hydrogen (secondary N) is 1. The highest BCUT2D eigenvalue weighted by atomic mass is 16.4. The molecule has 1 aliphatic carbocycles. The first-order valence-electron chi connectivity index (χ1n) is 7.42. The fraction of sp³-hybridized carbons (Fsp3) is 0.438. The van der Waals surface area contributed by atoms with Crippen LogP contribution in [0.15, 0.2) is 24.3 Å². The van der Waals surface area contributed by atoms with E-state index in [1.165, 1.54) is 25.7 Å². The number of benzene rings is 1. The Morgan fingerprint density at radius 3 is 2.71 bits per heavy atom. The van der Waals surface area contributed by atoms with Crippen LogP contribution >= 0.6 is 0 Å². The second-order valence-corrected chi connectivity index (χ2v) is 5.70. The number of fused-ring (bicyclic) bond motifs is 1. The fourth-order valence-electron chi connectivity index (χ4n) is 3.07. The molecule has 1 fully saturated rings. The Labute approximate surface area is 123 Å². The smallest absolute Gasteiger partial charge is 0.374 e. The Hall–Kier alpha value is -2.17.